The standard InChI is InChI=1S/C17H20BrClN2O3S2/c1-4-21(5-2)26(23,24)13-7-8-15(18)14(10-13)17(22)20(3)11-12-6-9-16(19)25-12/h6-10H,4-5,11H2,1-3H3. The van der Waals surface area contributed by atoms with Gasteiger partial charge < -0.3 is 4.90 Å². The molecular formula is C17H20BrClN2O3S2. The highest BCUT2D eigenvalue weighted by atomic mass is 79.9. The lowest BCUT2D eigenvalue weighted by Crippen LogP contribution is -2.31. The number of halogens is 2. The van der Waals surface area contributed by atoms with Crippen molar-refractivity contribution in [3.8, 4) is 0 Å². The van der Waals surface area contributed by atoms with E-state index in [2.05, 4.69) is 15.9 Å². The van der Waals surface area contributed by atoms with Crippen molar-refractivity contribution in [1.82, 2.24) is 9.21 Å². The quantitative estimate of drug-likeness (QED) is 0.589. The average molecular weight is 480 g/mol. The zero-order chi connectivity index (χ0) is 19.5. The van der Waals surface area contributed by atoms with Gasteiger partial charge in [-0.3, -0.25) is 4.79 Å². The summed E-state index contributed by atoms with van der Waals surface area (Å²) in [4.78, 5) is 15.4. The summed E-state index contributed by atoms with van der Waals surface area (Å²) < 4.78 is 28.0. The van der Waals surface area contributed by atoms with Crippen LogP contribution in [0.1, 0.15) is 29.1 Å². The van der Waals surface area contributed by atoms with Crippen molar-refractivity contribution in [1.29, 1.82) is 0 Å². The molecule has 1 aromatic carbocycles. The Morgan fingerprint density at radius 1 is 1.19 bits per heavy atom. The fourth-order valence-electron chi connectivity index (χ4n) is 2.49. The van der Waals surface area contributed by atoms with E-state index in [1.54, 1.807) is 33.0 Å². The van der Waals surface area contributed by atoms with E-state index in [4.69, 9.17) is 11.6 Å². The molecule has 0 atom stereocenters. The van der Waals surface area contributed by atoms with Gasteiger partial charge in [-0.2, -0.15) is 4.31 Å². The van der Waals surface area contributed by atoms with Crippen molar-refractivity contribution in [2.45, 2.75) is 25.3 Å². The van der Waals surface area contributed by atoms with E-state index in [0.717, 1.165) is 4.88 Å². The normalized spacial score (nSPS) is 11.8. The van der Waals surface area contributed by atoms with Crippen LogP contribution in [0.25, 0.3) is 0 Å². The van der Waals surface area contributed by atoms with E-state index < -0.39 is 10.0 Å². The second-order valence-electron chi connectivity index (χ2n) is 5.60. The van der Waals surface area contributed by atoms with Crippen molar-refractivity contribution < 1.29 is 13.2 Å². The van der Waals surface area contributed by atoms with Gasteiger partial charge in [-0.05, 0) is 46.3 Å². The minimum atomic E-state index is -3.63. The maximum Gasteiger partial charge on any atom is 0.255 e. The first-order valence-corrected chi connectivity index (χ1v) is 11.4. The minimum absolute atomic E-state index is 0.111. The predicted octanol–water partition coefficient (Wildman–Crippen LogP) is 4.47. The number of hydrogen-bond donors (Lipinski definition) is 0. The number of thiophene rings is 1. The Bertz CT molecular complexity index is 895. The maximum absolute atomic E-state index is 12.8. The van der Waals surface area contributed by atoms with Crippen LogP contribution in [0, 0.1) is 0 Å². The van der Waals surface area contributed by atoms with Crippen LogP contribution < -0.4 is 0 Å². The lowest BCUT2D eigenvalue weighted by molar-refractivity contribution is 0.0785. The van der Waals surface area contributed by atoms with E-state index in [1.807, 2.05) is 6.07 Å². The number of sulfonamides is 1. The summed E-state index contributed by atoms with van der Waals surface area (Å²) in [6.45, 7) is 4.71. The Morgan fingerprint density at radius 3 is 2.38 bits per heavy atom. The number of nitrogens with zero attached hydrogens (tertiary/aromatic N) is 2. The van der Waals surface area contributed by atoms with Gasteiger partial charge in [0.05, 0.1) is 21.3 Å². The van der Waals surface area contributed by atoms with Gasteiger partial charge in [-0.15, -0.1) is 11.3 Å². The molecule has 0 aliphatic carbocycles. The van der Waals surface area contributed by atoms with Crippen LogP contribution in [0.15, 0.2) is 39.7 Å². The molecule has 0 saturated heterocycles. The van der Waals surface area contributed by atoms with Crippen LogP contribution >= 0.6 is 38.9 Å². The molecule has 0 N–H and O–H groups in total. The van der Waals surface area contributed by atoms with Crippen LogP contribution in [0.2, 0.25) is 4.34 Å². The molecule has 5 nitrogen and oxygen atoms in total. The maximum atomic E-state index is 12.8. The van der Waals surface area contributed by atoms with Gasteiger partial charge >= 0.3 is 0 Å². The molecule has 142 valence electrons. The molecule has 1 amide bonds. The highest BCUT2D eigenvalue weighted by Gasteiger charge is 2.24. The summed E-state index contributed by atoms with van der Waals surface area (Å²) in [5.41, 5.74) is 0.309. The van der Waals surface area contributed by atoms with Gasteiger partial charge in [0.15, 0.2) is 0 Å². The molecule has 1 aromatic heterocycles. The fourth-order valence-corrected chi connectivity index (χ4v) is 5.53. The Balaban J connectivity index is 2.32. The van der Waals surface area contributed by atoms with Crippen molar-refractivity contribution in [3.05, 3.63) is 49.6 Å². The largest absolute Gasteiger partial charge is 0.337 e. The van der Waals surface area contributed by atoms with E-state index >= 15 is 0 Å². The van der Waals surface area contributed by atoms with Gasteiger partial charge in [-0.25, -0.2) is 8.42 Å². The van der Waals surface area contributed by atoms with Crippen molar-refractivity contribution >= 4 is 54.8 Å². The molecule has 2 aromatic rings. The Morgan fingerprint density at radius 2 is 1.85 bits per heavy atom. The van der Waals surface area contributed by atoms with Gasteiger partial charge in [0.25, 0.3) is 5.91 Å². The van der Waals surface area contributed by atoms with Gasteiger partial charge in [-0.1, -0.05) is 25.4 Å². The monoisotopic (exact) mass is 478 g/mol. The first-order chi connectivity index (χ1) is 12.2. The summed E-state index contributed by atoms with van der Waals surface area (Å²) >= 11 is 10.7. The smallest absolute Gasteiger partial charge is 0.255 e. The molecule has 9 heteroatoms. The van der Waals surface area contributed by atoms with Crippen molar-refractivity contribution in [2.75, 3.05) is 20.1 Å². The van der Waals surface area contributed by atoms with E-state index in [9.17, 15) is 13.2 Å². The molecule has 1 heterocycles. The van der Waals surface area contributed by atoms with Gasteiger partial charge in [0, 0.05) is 29.5 Å². The van der Waals surface area contributed by atoms with Crippen LogP contribution in [0.5, 0.6) is 0 Å². The highest BCUT2D eigenvalue weighted by molar-refractivity contribution is 9.10. The SMILES string of the molecule is CCN(CC)S(=O)(=O)c1ccc(Br)c(C(=O)N(C)Cc2ccc(Cl)s2)c1. The summed E-state index contributed by atoms with van der Waals surface area (Å²) in [7, 11) is -1.95. The summed E-state index contributed by atoms with van der Waals surface area (Å²) in [5.74, 6) is -0.266. The van der Waals surface area contributed by atoms with Crippen molar-refractivity contribution in [2.24, 2.45) is 0 Å². The Labute approximate surface area is 171 Å². The first kappa shape index (κ1) is 21.4. The topological polar surface area (TPSA) is 57.7 Å². The molecule has 0 bridgehead atoms. The summed E-state index contributed by atoms with van der Waals surface area (Å²) in [5, 5.41) is 0. The number of carbonyl (C=O) groups is 1. The predicted molar refractivity (Wildman–Crippen MR) is 109 cm³/mol. The van der Waals surface area contributed by atoms with Crippen LogP contribution in [0.3, 0.4) is 0 Å². The molecule has 0 unspecified atom stereocenters. The zero-order valence-corrected chi connectivity index (χ0v) is 18.7. The van der Waals surface area contributed by atoms with E-state index in [1.165, 1.54) is 32.7 Å². The first-order valence-electron chi connectivity index (χ1n) is 8.00. The van der Waals surface area contributed by atoms with Crippen molar-refractivity contribution in [3.63, 3.8) is 0 Å². The van der Waals surface area contributed by atoms with E-state index in [-0.39, 0.29) is 10.8 Å². The van der Waals surface area contributed by atoms with Crippen LogP contribution in [-0.2, 0) is 16.6 Å². The average Bonchev–Trinajstić information content (AvgIpc) is 3.00. The molecule has 2 rings (SSSR count). The zero-order valence-electron chi connectivity index (χ0n) is 14.7. The summed E-state index contributed by atoms with van der Waals surface area (Å²) in [6, 6.07) is 8.19. The lowest BCUT2D eigenvalue weighted by atomic mass is 10.2. The number of benzene rings is 1. The molecule has 26 heavy (non-hydrogen) atoms. The van der Waals surface area contributed by atoms with Crippen LogP contribution in [-0.4, -0.2) is 43.7 Å². The number of rotatable bonds is 7. The third-order valence-corrected chi connectivity index (χ3v) is 7.83. The van der Waals surface area contributed by atoms with E-state index in [0.29, 0.717) is 34.0 Å². The molecule has 0 aliphatic heterocycles. The molecule has 0 saturated carbocycles. The second kappa shape index (κ2) is 8.84. The third-order valence-electron chi connectivity index (χ3n) is 3.88. The Kier molecular flexibility index (Phi) is 7.27. The molecule has 0 fully saturated rings. The highest BCUT2D eigenvalue weighted by Crippen LogP contribution is 2.26. The number of hydrogen-bond acceptors (Lipinski definition) is 4. The number of carbonyl (C=O) groups excluding carboxylic acids is 1. The molecule has 0 aliphatic rings. The molecule has 0 radical (unpaired) electrons. The third kappa shape index (κ3) is 4.67. The molecular weight excluding hydrogens is 460 g/mol. The fraction of sp³-hybridized carbons (Fsp3) is 0.353. The second-order valence-corrected chi connectivity index (χ2v) is 10.2. The van der Waals surface area contributed by atoms with Crippen LogP contribution in [0.4, 0.5) is 0 Å². The minimum Gasteiger partial charge on any atom is -0.337 e. The van der Waals surface area contributed by atoms with Gasteiger partial charge in [0.1, 0.15) is 0 Å². The summed E-state index contributed by atoms with van der Waals surface area (Å²) in [6.07, 6.45) is 0. The van der Waals surface area contributed by atoms with Gasteiger partial charge in [0.2, 0.25) is 10.0 Å². The molecule has 0 spiro atoms. The Hall–Kier alpha value is -0.930. The lowest BCUT2D eigenvalue weighted by Gasteiger charge is -2.20. The number of amides is 1.